The average Bonchev–Trinajstić information content (AvgIpc) is 3.26. The van der Waals surface area contributed by atoms with Gasteiger partial charge in [0, 0.05) is 32.0 Å². The molecule has 1 aromatic rings. The lowest BCUT2D eigenvalue weighted by Gasteiger charge is -2.45. The van der Waals surface area contributed by atoms with Crippen LogP contribution >= 0.6 is 15.9 Å². The molecule has 1 saturated heterocycles. The fourth-order valence-corrected chi connectivity index (χ4v) is 11.8. The van der Waals surface area contributed by atoms with Gasteiger partial charge in [-0.1, -0.05) is 54.9 Å². The van der Waals surface area contributed by atoms with Crippen LogP contribution in [0.5, 0.6) is 0 Å². The summed E-state index contributed by atoms with van der Waals surface area (Å²) in [6.45, 7) is 14.6. The van der Waals surface area contributed by atoms with Crippen LogP contribution in [0.4, 0.5) is 0 Å². The molecule has 1 aromatic heterocycles. The lowest BCUT2D eigenvalue weighted by Crippen LogP contribution is -2.54. The molecule has 3 N–H and O–H groups in total. The fourth-order valence-electron chi connectivity index (χ4n) is 5.96. The first kappa shape index (κ1) is 37.1. The highest BCUT2D eigenvalue weighted by molar-refractivity contribution is 9.10. The topological polar surface area (TPSA) is 166 Å². The first-order valence-corrected chi connectivity index (χ1v) is 18.1. The Balaban J connectivity index is 2.32. The number of nitrogens with zero attached hydrogens (tertiary/aromatic N) is 1. The molecule has 1 amide bonds. The van der Waals surface area contributed by atoms with Crippen LogP contribution in [0, 0.1) is 0 Å². The molecular formula is C29H48BrN3O9Si. The standard InChI is InChI=1S/C29H48BrN3O9Si/c1-8-9-14-31-23(36)12-10-20(35)11-13-24(37)41-25-22(16-34)40-28(33-15-21(30)27(38)32-29(33)39)26(25)42-43(17(2)3,18(4)5)19(6)7/h15,17-19,22,25-26,28,34H,8-14,16H2,1-7H3,(H,31,36)(H,32,38,39)/t22-,25?,26+,28-/m1/s1. The van der Waals surface area contributed by atoms with Crippen LogP contribution in [-0.2, 0) is 28.3 Å². The Morgan fingerprint density at radius 2 is 1.65 bits per heavy atom. The second-order valence-electron chi connectivity index (χ2n) is 12.0. The van der Waals surface area contributed by atoms with E-state index < -0.39 is 56.7 Å². The molecule has 0 aliphatic carbocycles. The number of aromatic amines is 1. The molecule has 4 atom stereocenters. The Hall–Kier alpha value is -2.13. The lowest BCUT2D eigenvalue weighted by molar-refractivity contribution is -0.157. The predicted octanol–water partition coefficient (Wildman–Crippen LogP) is 3.71. The van der Waals surface area contributed by atoms with Crippen LogP contribution in [-0.4, -0.2) is 72.1 Å². The molecule has 43 heavy (non-hydrogen) atoms. The molecule has 2 heterocycles. The van der Waals surface area contributed by atoms with E-state index in [0.717, 1.165) is 12.8 Å². The molecule has 244 valence electrons. The number of ether oxygens (including phenoxy) is 2. The number of carbonyl (C=O) groups excluding carboxylic acids is 3. The molecule has 1 aliphatic heterocycles. The van der Waals surface area contributed by atoms with Crippen molar-refractivity contribution in [2.45, 2.75) is 128 Å². The molecule has 12 nitrogen and oxygen atoms in total. The van der Waals surface area contributed by atoms with Crippen molar-refractivity contribution in [1.29, 1.82) is 0 Å². The quantitative estimate of drug-likeness (QED) is 0.126. The van der Waals surface area contributed by atoms with Crippen LogP contribution in [0.15, 0.2) is 20.3 Å². The number of halogens is 1. The van der Waals surface area contributed by atoms with Gasteiger partial charge in [0.05, 0.1) is 17.5 Å². The van der Waals surface area contributed by atoms with Gasteiger partial charge in [-0.15, -0.1) is 0 Å². The zero-order chi connectivity index (χ0) is 32.5. The number of aliphatic hydroxyl groups is 1. The number of aromatic nitrogens is 2. The van der Waals surface area contributed by atoms with Gasteiger partial charge in [-0.2, -0.15) is 0 Å². The van der Waals surface area contributed by atoms with Gasteiger partial charge >= 0.3 is 11.7 Å². The molecule has 0 bridgehead atoms. The highest BCUT2D eigenvalue weighted by atomic mass is 79.9. The number of Topliss-reactive ketones (excluding diaryl/α,β-unsaturated/α-hetero) is 1. The van der Waals surface area contributed by atoms with Crippen LogP contribution < -0.4 is 16.6 Å². The summed E-state index contributed by atoms with van der Waals surface area (Å²) in [6, 6.07) is 0. The van der Waals surface area contributed by atoms with E-state index in [9.17, 15) is 29.1 Å². The van der Waals surface area contributed by atoms with Crippen LogP contribution in [0.2, 0.25) is 16.6 Å². The molecule has 1 fully saturated rings. The highest BCUT2D eigenvalue weighted by Crippen LogP contribution is 2.46. The maximum Gasteiger partial charge on any atom is 0.330 e. The van der Waals surface area contributed by atoms with Crippen LogP contribution in [0.1, 0.15) is 93.2 Å². The normalized spacial score (nSPS) is 20.7. The molecule has 1 unspecified atom stereocenters. The Bertz CT molecular complexity index is 1190. The Morgan fingerprint density at radius 3 is 2.21 bits per heavy atom. The average molecular weight is 691 g/mol. The smallest absolute Gasteiger partial charge is 0.330 e. The van der Waals surface area contributed by atoms with Crippen molar-refractivity contribution in [3.05, 3.63) is 31.5 Å². The molecule has 0 spiro atoms. The number of esters is 1. The summed E-state index contributed by atoms with van der Waals surface area (Å²) in [5.74, 6) is -1.14. The summed E-state index contributed by atoms with van der Waals surface area (Å²) < 4.78 is 20.2. The van der Waals surface area contributed by atoms with E-state index in [1.54, 1.807) is 0 Å². The Labute approximate surface area is 262 Å². The maximum absolute atomic E-state index is 13.0. The number of hydrogen-bond donors (Lipinski definition) is 3. The maximum atomic E-state index is 13.0. The number of amides is 1. The van der Waals surface area contributed by atoms with E-state index in [0.29, 0.717) is 6.54 Å². The van der Waals surface area contributed by atoms with Crippen molar-refractivity contribution in [3.63, 3.8) is 0 Å². The number of hydrogen-bond acceptors (Lipinski definition) is 9. The van der Waals surface area contributed by atoms with E-state index in [1.807, 2.05) is 6.92 Å². The van der Waals surface area contributed by atoms with Crippen molar-refractivity contribution in [2.75, 3.05) is 13.2 Å². The summed E-state index contributed by atoms with van der Waals surface area (Å²) in [5, 5.41) is 13.0. The minimum absolute atomic E-state index is 0.0140. The van der Waals surface area contributed by atoms with Gasteiger partial charge in [0.25, 0.3) is 5.56 Å². The third-order valence-electron chi connectivity index (χ3n) is 8.07. The summed E-state index contributed by atoms with van der Waals surface area (Å²) in [6.07, 6.45) is -1.40. The van der Waals surface area contributed by atoms with Crippen LogP contribution in [0.3, 0.4) is 0 Å². The van der Waals surface area contributed by atoms with Gasteiger partial charge in [0.15, 0.2) is 12.3 Å². The van der Waals surface area contributed by atoms with E-state index in [4.69, 9.17) is 13.9 Å². The lowest BCUT2D eigenvalue weighted by atomic mass is 10.1. The zero-order valence-electron chi connectivity index (χ0n) is 26.3. The van der Waals surface area contributed by atoms with Crippen LogP contribution in [0.25, 0.3) is 0 Å². The molecule has 14 heteroatoms. The predicted molar refractivity (Wildman–Crippen MR) is 167 cm³/mol. The molecule has 1 aliphatic rings. The third kappa shape index (κ3) is 9.43. The second kappa shape index (κ2) is 16.8. The number of aliphatic hydroxyl groups excluding tert-OH is 1. The van der Waals surface area contributed by atoms with Crippen molar-refractivity contribution in [3.8, 4) is 0 Å². The van der Waals surface area contributed by atoms with Crippen molar-refractivity contribution in [2.24, 2.45) is 0 Å². The summed E-state index contributed by atoms with van der Waals surface area (Å²) in [5.41, 5.74) is -0.960. The van der Waals surface area contributed by atoms with E-state index in [2.05, 4.69) is 67.8 Å². The van der Waals surface area contributed by atoms with E-state index in [1.165, 1.54) is 10.8 Å². The molecule has 0 saturated carbocycles. The number of unbranched alkanes of at least 4 members (excludes halogenated alkanes) is 1. The largest absolute Gasteiger partial charge is 0.457 e. The Morgan fingerprint density at radius 1 is 1.05 bits per heavy atom. The second-order valence-corrected chi connectivity index (χ2v) is 18.2. The van der Waals surface area contributed by atoms with Crippen molar-refractivity contribution < 1.29 is 33.4 Å². The fraction of sp³-hybridized carbons (Fsp3) is 0.759. The van der Waals surface area contributed by atoms with Crippen molar-refractivity contribution in [1.82, 2.24) is 14.9 Å². The molecular weight excluding hydrogens is 642 g/mol. The summed E-state index contributed by atoms with van der Waals surface area (Å²) in [4.78, 5) is 64.5. The first-order chi connectivity index (χ1) is 20.2. The minimum atomic E-state index is -2.66. The van der Waals surface area contributed by atoms with Gasteiger partial charge in [-0.25, -0.2) is 4.79 Å². The third-order valence-corrected chi connectivity index (χ3v) is 14.7. The molecule has 0 aromatic carbocycles. The zero-order valence-corrected chi connectivity index (χ0v) is 28.9. The highest BCUT2D eigenvalue weighted by Gasteiger charge is 2.55. The summed E-state index contributed by atoms with van der Waals surface area (Å²) >= 11 is 3.15. The molecule has 0 radical (unpaired) electrons. The monoisotopic (exact) mass is 689 g/mol. The number of carbonyl (C=O) groups is 3. The molecule has 2 rings (SSSR count). The van der Waals surface area contributed by atoms with Gasteiger partial charge in [0.2, 0.25) is 14.2 Å². The SMILES string of the molecule is CCCCNC(=O)CCC(=O)CCC(=O)OC1[C@@H](CO)O[C@@H](n2cc(Br)c(=O)[nH]c2=O)[C@H]1O[Si](C(C)C)(C(C)C)C(C)C. The van der Waals surface area contributed by atoms with E-state index >= 15 is 0 Å². The van der Waals surface area contributed by atoms with Gasteiger partial charge < -0.3 is 24.3 Å². The summed E-state index contributed by atoms with van der Waals surface area (Å²) in [7, 11) is -2.66. The van der Waals surface area contributed by atoms with Crippen molar-refractivity contribution >= 4 is 41.9 Å². The Kier molecular flexibility index (Phi) is 14.5. The minimum Gasteiger partial charge on any atom is -0.457 e. The number of ketones is 1. The van der Waals surface area contributed by atoms with Gasteiger partial charge in [-0.05, 0) is 39.0 Å². The number of rotatable bonds is 17. The van der Waals surface area contributed by atoms with E-state index in [-0.39, 0.29) is 58.5 Å². The number of H-pyrrole nitrogens is 1. The first-order valence-electron chi connectivity index (χ1n) is 15.1. The number of nitrogens with one attached hydrogen (secondary N) is 2. The van der Waals surface area contributed by atoms with Gasteiger partial charge in [0.1, 0.15) is 18.0 Å². The van der Waals surface area contributed by atoms with Gasteiger partial charge in [-0.3, -0.25) is 28.7 Å².